The maximum atomic E-state index is 11.7. The molecule has 126 valence electrons. The zero-order valence-electron chi connectivity index (χ0n) is 13.1. The number of anilines is 1. The predicted octanol–water partition coefficient (Wildman–Crippen LogP) is 1.41. The van der Waals surface area contributed by atoms with Crippen molar-refractivity contribution in [3.05, 3.63) is 41.7 Å². The van der Waals surface area contributed by atoms with Crippen LogP contribution in [-0.4, -0.2) is 40.3 Å². The Bertz CT molecular complexity index is 959. The first-order valence-corrected chi connectivity index (χ1v) is 9.44. The minimum Gasteiger partial charge on any atom is -0.424 e. The van der Waals surface area contributed by atoms with Gasteiger partial charge in [0.05, 0.1) is 37.3 Å². The van der Waals surface area contributed by atoms with E-state index in [-0.39, 0.29) is 0 Å². The van der Waals surface area contributed by atoms with Crippen LogP contribution in [0.5, 0.6) is 0 Å². The summed E-state index contributed by atoms with van der Waals surface area (Å²) in [6, 6.07) is 9.91. The minimum absolute atomic E-state index is 0.356. The maximum absolute atomic E-state index is 11.7. The van der Waals surface area contributed by atoms with E-state index in [1.165, 1.54) is 10.6 Å². The lowest BCUT2D eigenvalue weighted by molar-refractivity contribution is 0.328. The topological polar surface area (TPSA) is 93.3 Å². The van der Waals surface area contributed by atoms with Gasteiger partial charge in [0, 0.05) is 6.54 Å². The monoisotopic (exact) mass is 347 g/mol. The summed E-state index contributed by atoms with van der Waals surface area (Å²) in [4.78, 5) is 4.35. The summed E-state index contributed by atoms with van der Waals surface area (Å²) in [5.74, 6) is 0. The lowest BCUT2D eigenvalue weighted by Gasteiger charge is -2.25. The van der Waals surface area contributed by atoms with Crippen molar-refractivity contribution in [3.63, 3.8) is 0 Å². The third-order valence-electron chi connectivity index (χ3n) is 4.00. The number of hydrogen-bond donors (Lipinski definition) is 1. The predicted molar refractivity (Wildman–Crippen MR) is 88.8 cm³/mol. The van der Waals surface area contributed by atoms with Crippen LogP contribution in [0.3, 0.4) is 0 Å². The van der Waals surface area contributed by atoms with Gasteiger partial charge in [0.25, 0.3) is 6.01 Å². The Morgan fingerprint density at radius 1 is 1.29 bits per heavy atom. The molecule has 1 aliphatic rings. The summed E-state index contributed by atoms with van der Waals surface area (Å²) >= 11 is 0. The fourth-order valence-corrected chi connectivity index (χ4v) is 3.57. The van der Waals surface area contributed by atoms with Crippen LogP contribution in [-0.2, 0) is 29.7 Å². The van der Waals surface area contributed by atoms with Gasteiger partial charge in [0.15, 0.2) is 5.58 Å². The molecule has 8 nitrogen and oxygen atoms in total. The van der Waals surface area contributed by atoms with E-state index in [1.807, 2.05) is 35.0 Å². The summed E-state index contributed by atoms with van der Waals surface area (Å²) in [5.41, 5.74) is 3.24. The maximum Gasteiger partial charge on any atom is 0.296 e. The number of aromatic nitrogens is 3. The third kappa shape index (κ3) is 2.87. The number of rotatable bonds is 4. The van der Waals surface area contributed by atoms with Gasteiger partial charge in [-0.05, 0) is 18.2 Å². The van der Waals surface area contributed by atoms with E-state index in [0.29, 0.717) is 32.2 Å². The summed E-state index contributed by atoms with van der Waals surface area (Å²) in [7, 11) is -3.18. The highest BCUT2D eigenvalue weighted by atomic mass is 32.2. The molecule has 0 unspecified atom stereocenters. The first kappa shape index (κ1) is 15.2. The summed E-state index contributed by atoms with van der Waals surface area (Å²) in [5, 5.41) is 7.62. The van der Waals surface area contributed by atoms with Crippen molar-refractivity contribution in [2.45, 2.75) is 19.6 Å². The van der Waals surface area contributed by atoms with E-state index in [4.69, 9.17) is 4.42 Å². The molecule has 0 saturated heterocycles. The van der Waals surface area contributed by atoms with E-state index in [0.717, 1.165) is 22.5 Å². The lowest BCUT2D eigenvalue weighted by atomic mass is 10.3. The number of benzene rings is 1. The molecule has 0 bridgehead atoms. The van der Waals surface area contributed by atoms with Gasteiger partial charge in [0.1, 0.15) is 5.52 Å². The van der Waals surface area contributed by atoms with Crippen LogP contribution < -0.4 is 5.32 Å². The van der Waals surface area contributed by atoms with Crippen molar-refractivity contribution in [2.75, 3.05) is 18.1 Å². The zero-order chi connectivity index (χ0) is 16.7. The van der Waals surface area contributed by atoms with Crippen LogP contribution >= 0.6 is 0 Å². The standard InChI is InChI=1S/C15H17N5O3S/c1-24(21,22)19-6-7-20-12(10-19)8-11(18-20)9-16-15-17-13-4-2-3-5-14(13)23-15/h2-5,8H,6-7,9-10H2,1H3,(H,16,17). The number of oxazole rings is 1. The van der Waals surface area contributed by atoms with Crippen LogP contribution in [0, 0.1) is 0 Å². The molecule has 0 spiro atoms. The molecule has 1 N–H and O–H groups in total. The highest BCUT2D eigenvalue weighted by Crippen LogP contribution is 2.20. The van der Waals surface area contributed by atoms with E-state index < -0.39 is 10.0 Å². The van der Waals surface area contributed by atoms with E-state index in [9.17, 15) is 8.42 Å². The second-order valence-corrected chi connectivity index (χ2v) is 7.77. The number of hydrogen-bond acceptors (Lipinski definition) is 6. The molecule has 0 fully saturated rings. The number of sulfonamides is 1. The van der Waals surface area contributed by atoms with Crippen LogP contribution in [0.15, 0.2) is 34.7 Å². The number of nitrogens with zero attached hydrogens (tertiary/aromatic N) is 4. The zero-order valence-corrected chi connectivity index (χ0v) is 14.0. The molecule has 3 heterocycles. The molecule has 1 aromatic carbocycles. The summed E-state index contributed by atoms with van der Waals surface area (Å²) in [6.07, 6.45) is 1.23. The molecule has 3 aromatic rings. The Kier molecular flexibility index (Phi) is 3.54. The van der Waals surface area contributed by atoms with Crippen molar-refractivity contribution in [1.29, 1.82) is 0 Å². The normalized spacial score (nSPS) is 15.5. The molecule has 2 aromatic heterocycles. The van der Waals surface area contributed by atoms with Gasteiger partial charge in [0.2, 0.25) is 10.0 Å². The van der Waals surface area contributed by atoms with Crippen LogP contribution in [0.2, 0.25) is 0 Å². The van der Waals surface area contributed by atoms with Gasteiger partial charge in [-0.3, -0.25) is 4.68 Å². The van der Waals surface area contributed by atoms with Crippen molar-refractivity contribution < 1.29 is 12.8 Å². The number of para-hydroxylation sites is 2. The molecular formula is C15H17N5O3S. The third-order valence-corrected chi connectivity index (χ3v) is 5.25. The molecule has 0 saturated carbocycles. The van der Waals surface area contributed by atoms with Crippen molar-refractivity contribution in [2.24, 2.45) is 0 Å². The fourth-order valence-electron chi connectivity index (χ4n) is 2.79. The van der Waals surface area contributed by atoms with E-state index >= 15 is 0 Å². The Labute approximate surface area is 139 Å². The highest BCUT2D eigenvalue weighted by molar-refractivity contribution is 7.88. The average Bonchev–Trinajstić information content (AvgIpc) is 3.14. The Balaban J connectivity index is 1.47. The highest BCUT2D eigenvalue weighted by Gasteiger charge is 2.24. The second kappa shape index (κ2) is 5.60. The first-order chi connectivity index (χ1) is 11.5. The molecule has 1 aliphatic heterocycles. The second-order valence-electron chi connectivity index (χ2n) is 5.79. The summed E-state index contributed by atoms with van der Waals surface area (Å²) < 4.78 is 32.2. The molecule has 4 rings (SSSR count). The Morgan fingerprint density at radius 2 is 2.12 bits per heavy atom. The van der Waals surface area contributed by atoms with Gasteiger partial charge in [-0.25, -0.2) is 8.42 Å². The van der Waals surface area contributed by atoms with Crippen molar-refractivity contribution in [3.8, 4) is 0 Å². The van der Waals surface area contributed by atoms with Crippen molar-refractivity contribution >= 4 is 27.1 Å². The van der Waals surface area contributed by atoms with Crippen LogP contribution in [0.4, 0.5) is 6.01 Å². The molecule has 9 heteroatoms. The van der Waals surface area contributed by atoms with Crippen LogP contribution in [0.25, 0.3) is 11.1 Å². The lowest BCUT2D eigenvalue weighted by Crippen LogP contribution is -2.37. The molecule has 0 aliphatic carbocycles. The van der Waals surface area contributed by atoms with Gasteiger partial charge < -0.3 is 9.73 Å². The Morgan fingerprint density at radius 3 is 2.92 bits per heavy atom. The van der Waals surface area contributed by atoms with Gasteiger partial charge in [-0.15, -0.1) is 0 Å². The van der Waals surface area contributed by atoms with Gasteiger partial charge in [-0.2, -0.15) is 14.4 Å². The number of nitrogens with one attached hydrogen (secondary N) is 1. The van der Waals surface area contributed by atoms with Gasteiger partial charge >= 0.3 is 0 Å². The average molecular weight is 347 g/mol. The quantitative estimate of drug-likeness (QED) is 0.767. The largest absolute Gasteiger partial charge is 0.424 e. The SMILES string of the molecule is CS(=O)(=O)N1CCn2nc(CNc3nc4ccccc4o3)cc2C1. The number of fused-ring (bicyclic) bond motifs is 2. The molecule has 0 radical (unpaired) electrons. The molecule has 24 heavy (non-hydrogen) atoms. The minimum atomic E-state index is -3.18. The first-order valence-electron chi connectivity index (χ1n) is 7.59. The molecule has 0 amide bonds. The van der Waals surface area contributed by atoms with Crippen LogP contribution in [0.1, 0.15) is 11.4 Å². The summed E-state index contributed by atoms with van der Waals surface area (Å²) in [6.45, 7) is 1.83. The smallest absolute Gasteiger partial charge is 0.296 e. The van der Waals surface area contributed by atoms with E-state index in [2.05, 4.69) is 15.4 Å². The Hall–Kier alpha value is -2.39. The van der Waals surface area contributed by atoms with Gasteiger partial charge in [-0.1, -0.05) is 12.1 Å². The van der Waals surface area contributed by atoms with Crippen molar-refractivity contribution in [1.82, 2.24) is 19.1 Å². The van der Waals surface area contributed by atoms with E-state index in [1.54, 1.807) is 0 Å². The molecular weight excluding hydrogens is 330 g/mol. The fraction of sp³-hybridized carbons (Fsp3) is 0.333. The molecule has 0 atom stereocenters.